The third-order valence-electron chi connectivity index (χ3n) is 5.16. The first kappa shape index (κ1) is 26.0. The summed E-state index contributed by atoms with van der Waals surface area (Å²) in [7, 11) is 0. The number of ether oxygens (including phenoxy) is 2. The average molecular weight is 526 g/mol. The lowest BCUT2D eigenvalue weighted by molar-refractivity contribution is -0.138. The molecule has 12 heteroatoms. The van der Waals surface area contributed by atoms with E-state index in [9.17, 15) is 26.3 Å². The molecular weight excluding hydrogens is 514 g/mol. The molecule has 2 aliphatic carbocycles. The SMILES string of the molecule is N#C/N=C1\C=CC2=C(Oc3cccc(C(F)(F)F)c3)/C(=N/C#N)C=CC2=C1Oc1cccc(C(F)(F)F)c1. The molecule has 0 fully saturated rings. The summed E-state index contributed by atoms with van der Waals surface area (Å²) >= 11 is 0. The number of hydrogen-bond acceptors (Lipinski definition) is 6. The van der Waals surface area contributed by atoms with Crippen LogP contribution in [0.25, 0.3) is 0 Å². The smallest absolute Gasteiger partial charge is 0.416 e. The van der Waals surface area contributed by atoms with Gasteiger partial charge in [0.2, 0.25) is 12.4 Å². The van der Waals surface area contributed by atoms with E-state index < -0.39 is 23.5 Å². The Morgan fingerprint density at radius 2 is 1.00 bits per heavy atom. The van der Waals surface area contributed by atoms with Gasteiger partial charge in [-0.1, -0.05) is 12.1 Å². The van der Waals surface area contributed by atoms with Crippen molar-refractivity contribution in [2.24, 2.45) is 9.98 Å². The molecule has 0 saturated carbocycles. The van der Waals surface area contributed by atoms with Crippen molar-refractivity contribution >= 4 is 11.4 Å². The molecule has 6 nitrogen and oxygen atoms in total. The molecule has 2 aromatic carbocycles. The summed E-state index contributed by atoms with van der Waals surface area (Å²) < 4.78 is 90.7. The number of allylic oxidation sites excluding steroid dienone is 6. The minimum Gasteiger partial charge on any atom is -0.454 e. The minimum atomic E-state index is -4.64. The van der Waals surface area contributed by atoms with Crippen LogP contribution in [0.1, 0.15) is 11.1 Å². The third-order valence-corrected chi connectivity index (χ3v) is 5.16. The van der Waals surface area contributed by atoms with E-state index in [1.165, 1.54) is 36.4 Å². The molecule has 2 aliphatic rings. The van der Waals surface area contributed by atoms with Crippen LogP contribution >= 0.6 is 0 Å². The number of aliphatic imine (C=N–C) groups is 2. The van der Waals surface area contributed by atoms with Crippen LogP contribution in [0.15, 0.2) is 105 Å². The van der Waals surface area contributed by atoms with E-state index >= 15 is 0 Å². The van der Waals surface area contributed by atoms with Gasteiger partial charge in [0, 0.05) is 11.1 Å². The van der Waals surface area contributed by atoms with Crippen LogP contribution in [0, 0.1) is 22.9 Å². The number of fused-ring (bicyclic) bond motifs is 1. The molecule has 0 aromatic heterocycles. The van der Waals surface area contributed by atoms with Gasteiger partial charge in [-0.25, -0.2) is 0 Å². The largest absolute Gasteiger partial charge is 0.454 e. The molecule has 0 N–H and O–H groups in total. The predicted molar refractivity (Wildman–Crippen MR) is 123 cm³/mol. The second kappa shape index (κ2) is 10.1. The fourth-order valence-corrected chi connectivity index (χ4v) is 3.53. The van der Waals surface area contributed by atoms with Crippen molar-refractivity contribution in [2.45, 2.75) is 12.4 Å². The van der Waals surface area contributed by atoms with Crippen molar-refractivity contribution in [1.29, 1.82) is 10.5 Å². The molecule has 4 rings (SSSR count). The monoisotopic (exact) mass is 526 g/mol. The lowest BCUT2D eigenvalue weighted by atomic mass is 9.90. The van der Waals surface area contributed by atoms with Gasteiger partial charge in [0.15, 0.2) is 11.5 Å². The number of nitriles is 2. The standard InChI is InChI=1S/C26H12F6N4O2/c27-25(28,29)15-3-1-5-17(11-15)37-23-19-7-10-22(36-14-34)24(20(19)8-9-21(23)35-13-33)38-18-6-2-4-16(12-18)26(30,31)32/h1-12H/b35-21+,36-22+. The molecule has 0 atom stereocenters. The highest BCUT2D eigenvalue weighted by Gasteiger charge is 2.33. The molecule has 0 radical (unpaired) electrons. The van der Waals surface area contributed by atoms with Crippen LogP contribution in [0.3, 0.4) is 0 Å². The number of benzene rings is 2. The Balaban J connectivity index is 1.85. The summed E-state index contributed by atoms with van der Waals surface area (Å²) in [5.41, 5.74) is -1.66. The van der Waals surface area contributed by atoms with Gasteiger partial charge in [-0.15, -0.1) is 0 Å². The molecule has 0 amide bonds. The Morgan fingerprint density at radius 3 is 1.34 bits per heavy atom. The Hall–Kier alpha value is -5.10. The summed E-state index contributed by atoms with van der Waals surface area (Å²) in [6.45, 7) is 0. The van der Waals surface area contributed by atoms with Gasteiger partial charge in [-0.05, 0) is 60.7 Å². The van der Waals surface area contributed by atoms with Gasteiger partial charge < -0.3 is 9.47 Å². The zero-order chi connectivity index (χ0) is 27.5. The number of halogens is 6. The molecule has 0 unspecified atom stereocenters. The van der Waals surface area contributed by atoms with E-state index in [1.54, 1.807) is 12.4 Å². The predicted octanol–water partition coefficient (Wildman–Crippen LogP) is 6.67. The number of alkyl halides is 6. The van der Waals surface area contributed by atoms with Crippen LogP contribution in [0.4, 0.5) is 26.3 Å². The maximum absolute atomic E-state index is 13.2. The normalized spacial score (nSPS) is 17.4. The molecule has 0 bridgehead atoms. The molecule has 38 heavy (non-hydrogen) atoms. The quantitative estimate of drug-likeness (QED) is 0.329. The molecule has 0 heterocycles. The van der Waals surface area contributed by atoms with Gasteiger partial charge in [-0.3, -0.25) is 0 Å². The zero-order valence-corrected chi connectivity index (χ0v) is 18.8. The van der Waals surface area contributed by atoms with Crippen molar-refractivity contribution in [3.05, 3.63) is 107 Å². The minimum absolute atomic E-state index is 0.0348. The molecular formula is C26H12F6N4O2. The molecule has 0 aliphatic heterocycles. The highest BCUT2D eigenvalue weighted by Crippen LogP contribution is 2.37. The van der Waals surface area contributed by atoms with Gasteiger partial charge in [-0.2, -0.15) is 46.9 Å². The second-order valence-corrected chi connectivity index (χ2v) is 7.60. The topological polar surface area (TPSA) is 90.8 Å². The van der Waals surface area contributed by atoms with Crippen molar-refractivity contribution in [2.75, 3.05) is 0 Å². The van der Waals surface area contributed by atoms with E-state index in [0.29, 0.717) is 0 Å². The Labute approximate surface area is 211 Å². The Morgan fingerprint density at radius 1 is 0.605 bits per heavy atom. The van der Waals surface area contributed by atoms with Gasteiger partial charge in [0.25, 0.3) is 0 Å². The fourth-order valence-electron chi connectivity index (χ4n) is 3.53. The van der Waals surface area contributed by atoms with Crippen LogP contribution < -0.4 is 9.47 Å². The molecule has 0 saturated heterocycles. The first-order chi connectivity index (χ1) is 18.0. The Bertz CT molecular complexity index is 1440. The van der Waals surface area contributed by atoms with Gasteiger partial charge in [0.05, 0.1) is 11.1 Å². The number of hydrogen-bond donors (Lipinski definition) is 0. The highest BCUT2D eigenvalue weighted by molar-refractivity contribution is 6.15. The first-order valence-electron chi connectivity index (χ1n) is 10.5. The van der Waals surface area contributed by atoms with Crippen molar-refractivity contribution in [1.82, 2.24) is 0 Å². The lowest BCUT2D eigenvalue weighted by Crippen LogP contribution is -2.21. The van der Waals surface area contributed by atoms with Crippen LogP contribution in [-0.2, 0) is 12.4 Å². The van der Waals surface area contributed by atoms with Crippen LogP contribution in [0.2, 0.25) is 0 Å². The van der Waals surface area contributed by atoms with Crippen molar-refractivity contribution in [3.8, 4) is 23.9 Å². The molecule has 0 spiro atoms. The number of rotatable bonds is 4. The maximum atomic E-state index is 13.2. The average Bonchev–Trinajstić information content (AvgIpc) is 2.86. The first-order valence-corrected chi connectivity index (χ1v) is 10.5. The van der Waals surface area contributed by atoms with Crippen LogP contribution in [0.5, 0.6) is 11.5 Å². The van der Waals surface area contributed by atoms with Crippen molar-refractivity contribution < 1.29 is 35.8 Å². The summed E-state index contributed by atoms with van der Waals surface area (Å²) in [6.07, 6.45) is -0.686. The van der Waals surface area contributed by atoms with E-state index in [-0.39, 0.29) is 45.6 Å². The van der Waals surface area contributed by atoms with Crippen molar-refractivity contribution in [3.63, 3.8) is 0 Å². The summed E-state index contributed by atoms with van der Waals surface area (Å²) in [5.74, 6) is -0.678. The summed E-state index contributed by atoms with van der Waals surface area (Å²) in [4.78, 5) is 7.30. The second-order valence-electron chi connectivity index (χ2n) is 7.60. The van der Waals surface area contributed by atoms with E-state index in [0.717, 1.165) is 36.4 Å². The van der Waals surface area contributed by atoms with E-state index in [4.69, 9.17) is 20.0 Å². The third kappa shape index (κ3) is 5.50. The summed E-state index contributed by atoms with van der Waals surface area (Å²) in [6, 6.07) is 8.03. The zero-order valence-electron chi connectivity index (χ0n) is 18.8. The fraction of sp³-hybridized carbons (Fsp3) is 0.0769. The van der Waals surface area contributed by atoms with Gasteiger partial charge >= 0.3 is 12.4 Å². The molecule has 190 valence electrons. The number of nitrogens with zero attached hydrogens (tertiary/aromatic N) is 4. The highest BCUT2D eigenvalue weighted by atomic mass is 19.4. The van der Waals surface area contributed by atoms with Crippen LogP contribution in [-0.4, -0.2) is 11.4 Å². The van der Waals surface area contributed by atoms with E-state index in [1.807, 2.05) is 0 Å². The van der Waals surface area contributed by atoms with Gasteiger partial charge in [0.1, 0.15) is 22.9 Å². The molecule has 2 aromatic rings. The summed E-state index contributed by atoms with van der Waals surface area (Å²) in [5, 5.41) is 18.2. The Kier molecular flexibility index (Phi) is 6.91. The van der Waals surface area contributed by atoms with E-state index in [2.05, 4.69) is 9.98 Å². The lowest BCUT2D eigenvalue weighted by Gasteiger charge is -2.24. The maximum Gasteiger partial charge on any atom is 0.416 e.